The molecule has 1 heteroatoms. The van der Waals surface area contributed by atoms with Gasteiger partial charge in [-0.25, -0.2) is 0 Å². The van der Waals surface area contributed by atoms with Gasteiger partial charge in [-0.2, -0.15) is 0 Å². The molecule has 1 nitrogen and oxygen atoms in total. The number of nitrogens with two attached hydrogens (primary N) is 1. The first-order chi connectivity index (χ1) is 6.54. The van der Waals surface area contributed by atoms with Gasteiger partial charge in [0.1, 0.15) is 0 Å². The van der Waals surface area contributed by atoms with Crippen LogP contribution in [0.1, 0.15) is 41.7 Å². The van der Waals surface area contributed by atoms with Gasteiger partial charge in [0.25, 0.3) is 0 Å². The zero-order chi connectivity index (χ0) is 10.9. The third kappa shape index (κ3) is 1.52. The average Bonchev–Trinajstić information content (AvgIpc) is 2.16. The van der Waals surface area contributed by atoms with E-state index in [1.165, 1.54) is 27.8 Å². The number of anilines is 1. The van der Waals surface area contributed by atoms with E-state index in [-0.39, 0.29) is 0 Å². The summed E-state index contributed by atoms with van der Waals surface area (Å²) in [4.78, 5) is 0. The molecule has 0 bridgehead atoms. The second kappa shape index (κ2) is 4.04. The maximum Gasteiger partial charge on any atom is 0.0381 e. The van der Waals surface area contributed by atoms with Gasteiger partial charge in [0.15, 0.2) is 0 Å². The molecule has 0 atom stereocenters. The minimum atomic E-state index is 1.000. The molecule has 0 amide bonds. The van der Waals surface area contributed by atoms with Gasteiger partial charge >= 0.3 is 0 Å². The summed E-state index contributed by atoms with van der Waals surface area (Å²) in [6, 6.07) is 0. The van der Waals surface area contributed by atoms with Gasteiger partial charge in [-0.15, -0.1) is 0 Å². The third-order valence-corrected chi connectivity index (χ3v) is 3.36. The minimum Gasteiger partial charge on any atom is -0.398 e. The monoisotopic (exact) mass is 191 g/mol. The van der Waals surface area contributed by atoms with Crippen molar-refractivity contribution in [1.82, 2.24) is 0 Å². The molecule has 0 aliphatic heterocycles. The molecule has 0 unspecified atom stereocenters. The van der Waals surface area contributed by atoms with Crippen molar-refractivity contribution < 1.29 is 0 Å². The highest BCUT2D eigenvalue weighted by atomic mass is 14.6. The number of rotatable bonds is 2. The van der Waals surface area contributed by atoms with Crippen molar-refractivity contribution in [2.24, 2.45) is 0 Å². The highest BCUT2D eigenvalue weighted by Gasteiger charge is 2.12. The fourth-order valence-corrected chi connectivity index (χ4v) is 2.31. The molecule has 0 aromatic heterocycles. The standard InChI is InChI=1S/C13H21N/c1-6-11-8(3)9(4)13(14)12(7-2)10(11)5/h6-7,14H2,1-5H3. The molecule has 0 aliphatic rings. The molecule has 1 aromatic rings. The van der Waals surface area contributed by atoms with E-state index in [4.69, 9.17) is 5.73 Å². The van der Waals surface area contributed by atoms with Gasteiger partial charge in [-0.3, -0.25) is 0 Å². The Morgan fingerprint density at radius 3 is 1.71 bits per heavy atom. The number of hydrogen-bond acceptors (Lipinski definition) is 1. The summed E-state index contributed by atoms with van der Waals surface area (Å²) in [5.41, 5.74) is 14.0. The van der Waals surface area contributed by atoms with E-state index in [1.807, 2.05) is 0 Å². The van der Waals surface area contributed by atoms with Gasteiger partial charge in [-0.1, -0.05) is 13.8 Å². The third-order valence-electron chi connectivity index (χ3n) is 3.36. The lowest BCUT2D eigenvalue weighted by Crippen LogP contribution is -2.06. The first-order valence-electron chi connectivity index (χ1n) is 5.41. The molecule has 0 spiro atoms. The molecule has 0 fully saturated rings. The van der Waals surface area contributed by atoms with Gasteiger partial charge in [-0.05, 0) is 61.4 Å². The molecule has 2 N–H and O–H groups in total. The topological polar surface area (TPSA) is 26.0 Å². The maximum absolute atomic E-state index is 6.12. The van der Waals surface area contributed by atoms with Crippen LogP contribution >= 0.6 is 0 Å². The van der Waals surface area contributed by atoms with Gasteiger partial charge in [0, 0.05) is 5.69 Å². The molecular weight excluding hydrogens is 170 g/mol. The predicted molar refractivity (Wildman–Crippen MR) is 63.8 cm³/mol. The van der Waals surface area contributed by atoms with E-state index in [0.29, 0.717) is 0 Å². The van der Waals surface area contributed by atoms with Crippen LogP contribution in [0, 0.1) is 20.8 Å². The predicted octanol–water partition coefficient (Wildman–Crippen LogP) is 3.32. The zero-order valence-corrected chi connectivity index (χ0v) is 9.99. The minimum absolute atomic E-state index is 1.000. The normalized spacial score (nSPS) is 10.6. The summed E-state index contributed by atoms with van der Waals surface area (Å²) in [6.07, 6.45) is 2.14. The number of nitrogen functional groups attached to an aromatic ring is 1. The Kier molecular flexibility index (Phi) is 3.20. The lowest BCUT2D eigenvalue weighted by molar-refractivity contribution is 1.02. The molecule has 1 rings (SSSR count). The van der Waals surface area contributed by atoms with Gasteiger partial charge < -0.3 is 5.73 Å². The Hall–Kier alpha value is -0.980. The fourth-order valence-electron chi connectivity index (χ4n) is 2.31. The summed E-state index contributed by atoms with van der Waals surface area (Å²) in [5, 5.41) is 0. The van der Waals surface area contributed by atoms with Crippen molar-refractivity contribution in [3.05, 3.63) is 27.8 Å². The van der Waals surface area contributed by atoms with Crippen LogP contribution < -0.4 is 5.73 Å². The van der Waals surface area contributed by atoms with Crippen molar-refractivity contribution in [3.8, 4) is 0 Å². The van der Waals surface area contributed by atoms with Crippen LogP contribution in [0.25, 0.3) is 0 Å². The molecular formula is C13H21N. The largest absolute Gasteiger partial charge is 0.398 e. The fraction of sp³-hybridized carbons (Fsp3) is 0.538. The van der Waals surface area contributed by atoms with Crippen LogP contribution in [0.2, 0.25) is 0 Å². The van der Waals surface area contributed by atoms with Crippen LogP contribution in [0.4, 0.5) is 5.69 Å². The quantitative estimate of drug-likeness (QED) is 0.713. The van der Waals surface area contributed by atoms with E-state index < -0.39 is 0 Å². The molecule has 14 heavy (non-hydrogen) atoms. The Balaban J connectivity index is 3.56. The number of hydrogen-bond donors (Lipinski definition) is 1. The van der Waals surface area contributed by atoms with Crippen molar-refractivity contribution in [2.75, 3.05) is 5.73 Å². The summed E-state index contributed by atoms with van der Waals surface area (Å²) >= 11 is 0. The molecule has 78 valence electrons. The van der Waals surface area contributed by atoms with Crippen LogP contribution in [0.15, 0.2) is 0 Å². The molecule has 0 heterocycles. The van der Waals surface area contributed by atoms with Gasteiger partial charge in [0.05, 0.1) is 0 Å². The van der Waals surface area contributed by atoms with Crippen molar-refractivity contribution in [1.29, 1.82) is 0 Å². The summed E-state index contributed by atoms with van der Waals surface area (Å²) in [6.45, 7) is 10.9. The Morgan fingerprint density at radius 2 is 1.29 bits per heavy atom. The first-order valence-corrected chi connectivity index (χ1v) is 5.41. The number of benzene rings is 1. The summed E-state index contributed by atoms with van der Waals surface area (Å²) in [5.74, 6) is 0. The average molecular weight is 191 g/mol. The molecule has 0 saturated heterocycles. The first kappa shape index (κ1) is 11.1. The van der Waals surface area contributed by atoms with E-state index >= 15 is 0 Å². The molecule has 0 radical (unpaired) electrons. The van der Waals surface area contributed by atoms with E-state index in [0.717, 1.165) is 18.5 Å². The zero-order valence-electron chi connectivity index (χ0n) is 9.99. The second-order valence-electron chi connectivity index (χ2n) is 3.95. The lowest BCUT2D eigenvalue weighted by Gasteiger charge is -2.18. The van der Waals surface area contributed by atoms with Crippen LogP contribution in [-0.4, -0.2) is 0 Å². The van der Waals surface area contributed by atoms with E-state index in [2.05, 4.69) is 34.6 Å². The van der Waals surface area contributed by atoms with Crippen LogP contribution in [0.3, 0.4) is 0 Å². The Morgan fingerprint density at radius 1 is 0.786 bits per heavy atom. The molecule has 0 saturated carbocycles. The highest BCUT2D eigenvalue weighted by molar-refractivity contribution is 5.62. The molecule has 1 aromatic carbocycles. The van der Waals surface area contributed by atoms with Crippen LogP contribution in [-0.2, 0) is 12.8 Å². The second-order valence-corrected chi connectivity index (χ2v) is 3.95. The van der Waals surface area contributed by atoms with Crippen molar-refractivity contribution in [2.45, 2.75) is 47.5 Å². The van der Waals surface area contributed by atoms with E-state index in [9.17, 15) is 0 Å². The van der Waals surface area contributed by atoms with Crippen molar-refractivity contribution >= 4 is 5.69 Å². The SMILES string of the molecule is CCc1c(C)c(C)c(N)c(CC)c1C. The smallest absolute Gasteiger partial charge is 0.0381 e. The van der Waals surface area contributed by atoms with Gasteiger partial charge in [0.2, 0.25) is 0 Å². The highest BCUT2D eigenvalue weighted by Crippen LogP contribution is 2.29. The van der Waals surface area contributed by atoms with Crippen molar-refractivity contribution in [3.63, 3.8) is 0 Å². The maximum atomic E-state index is 6.12. The Labute approximate surface area is 87.3 Å². The van der Waals surface area contributed by atoms with E-state index in [1.54, 1.807) is 0 Å². The van der Waals surface area contributed by atoms with Crippen LogP contribution in [0.5, 0.6) is 0 Å². The lowest BCUT2D eigenvalue weighted by atomic mass is 9.89. The summed E-state index contributed by atoms with van der Waals surface area (Å²) in [7, 11) is 0. The molecule has 0 aliphatic carbocycles. The Bertz CT molecular complexity index is 320. The summed E-state index contributed by atoms with van der Waals surface area (Å²) < 4.78 is 0.